The Morgan fingerprint density at radius 2 is 1.97 bits per heavy atom. The van der Waals surface area contributed by atoms with E-state index < -0.39 is 17.2 Å². The summed E-state index contributed by atoms with van der Waals surface area (Å²) in [6.45, 7) is 4.94. The van der Waals surface area contributed by atoms with E-state index in [2.05, 4.69) is 27.0 Å². The molecule has 0 unspecified atom stereocenters. The van der Waals surface area contributed by atoms with Crippen molar-refractivity contribution in [2.45, 2.75) is 20.0 Å². The van der Waals surface area contributed by atoms with E-state index in [9.17, 15) is 19.5 Å². The van der Waals surface area contributed by atoms with E-state index in [-0.39, 0.29) is 18.7 Å². The minimum Gasteiger partial charge on any atom is -0.545 e. The van der Waals surface area contributed by atoms with Crippen LogP contribution in [0.2, 0.25) is 0 Å². The Kier molecular flexibility index (Phi) is 6.57. The number of carboxylic acids is 1. The summed E-state index contributed by atoms with van der Waals surface area (Å²) in [6.07, 6.45) is 0. The zero-order chi connectivity index (χ0) is 23.7. The van der Waals surface area contributed by atoms with Crippen molar-refractivity contribution in [3.8, 4) is 11.8 Å². The third kappa shape index (κ3) is 4.16. The molecule has 0 bridgehead atoms. The summed E-state index contributed by atoms with van der Waals surface area (Å²) in [5.41, 5.74) is 0.126. The lowest BCUT2D eigenvalue weighted by atomic mass is 10.1. The van der Waals surface area contributed by atoms with Crippen molar-refractivity contribution < 1.29 is 9.90 Å². The molecule has 1 fully saturated rings. The lowest BCUT2D eigenvalue weighted by molar-refractivity contribution is -0.255. The number of carboxylic acid groups (broad SMARTS) is 1. The van der Waals surface area contributed by atoms with Gasteiger partial charge in [-0.3, -0.25) is 18.5 Å². The monoisotopic (exact) mass is 561 g/mol. The van der Waals surface area contributed by atoms with Gasteiger partial charge in [-0.25, -0.2) is 4.79 Å². The summed E-state index contributed by atoms with van der Waals surface area (Å²) < 4.78 is 4.65. The van der Waals surface area contributed by atoms with Crippen LogP contribution in [0.3, 0.4) is 0 Å². The van der Waals surface area contributed by atoms with Gasteiger partial charge >= 0.3 is 5.69 Å². The first kappa shape index (κ1) is 23.1. The maximum atomic E-state index is 13.6. The van der Waals surface area contributed by atoms with Crippen LogP contribution in [0.25, 0.3) is 11.2 Å². The fourth-order valence-corrected chi connectivity index (χ4v) is 4.69. The molecule has 1 aliphatic heterocycles. The molecule has 33 heavy (non-hydrogen) atoms. The Hall–Kier alpha value is -3.11. The Morgan fingerprint density at radius 3 is 2.64 bits per heavy atom. The number of benzene rings is 1. The smallest absolute Gasteiger partial charge is 0.332 e. The minimum atomic E-state index is -1.31. The van der Waals surface area contributed by atoms with Crippen LogP contribution in [-0.2, 0) is 20.1 Å². The van der Waals surface area contributed by atoms with Crippen molar-refractivity contribution >= 4 is 45.7 Å². The predicted molar refractivity (Wildman–Crippen MR) is 130 cm³/mol. The number of aromatic carboxylic acids is 1. The van der Waals surface area contributed by atoms with Gasteiger partial charge in [0.2, 0.25) is 5.95 Å². The number of rotatable bonds is 5. The number of anilines is 1. The Balaban J connectivity index is 1.93. The quantitative estimate of drug-likeness (QED) is 0.325. The molecule has 0 spiro atoms. The van der Waals surface area contributed by atoms with Gasteiger partial charge in [-0.05, 0) is 35.1 Å². The second-order valence-electron chi connectivity index (χ2n) is 7.63. The average Bonchev–Trinajstić information content (AvgIpc) is 3.20. The van der Waals surface area contributed by atoms with E-state index in [1.807, 2.05) is 22.6 Å². The first-order valence-electron chi connectivity index (χ1n) is 10.4. The van der Waals surface area contributed by atoms with Crippen molar-refractivity contribution in [2.24, 2.45) is 7.05 Å². The van der Waals surface area contributed by atoms with Crippen molar-refractivity contribution in [3.05, 3.63) is 53.7 Å². The van der Waals surface area contributed by atoms with E-state index in [4.69, 9.17) is 0 Å². The summed E-state index contributed by atoms with van der Waals surface area (Å²) in [6, 6.07) is 4.69. The van der Waals surface area contributed by atoms with Gasteiger partial charge in [0.15, 0.2) is 11.2 Å². The van der Waals surface area contributed by atoms with Crippen LogP contribution in [0.5, 0.6) is 0 Å². The Labute approximate surface area is 203 Å². The highest BCUT2D eigenvalue weighted by Crippen LogP contribution is 2.21. The molecule has 3 heterocycles. The van der Waals surface area contributed by atoms with Crippen LogP contribution in [0.1, 0.15) is 22.8 Å². The van der Waals surface area contributed by atoms with E-state index in [1.54, 1.807) is 30.7 Å². The van der Waals surface area contributed by atoms with E-state index in [0.29, 0.717) is 26.2 Å². The molecular formula is C22H22IN6O4-. The number of carbonyl (C=O) groups is 1. The summed E-state index contributed by atoms with van der Waals surface area (Å²) in [4.78, 5) is 44.9. The molecule has 0 saturated carbocycles. The summed E-state index contributed by atoms with van der Waals surface area (Å²) >= 11 is 1.90. The van der Waals surface area contributed by atoms with Crippen molar-refractivity contribution in [2.75, 3.05) is 31.1 Å². The molecule has 2 aromatic heterocycles. The number of halogens is 1. The van der Waals surface area contributed by atoms with Gasteiger partial charge in [0.05, 0.1) is 19.1 Å². The average molecular weight is 561 g/mol. The second-order valence-corrected chi connectivity index (χ2v) is 8.71. The van der Waals surface area contributed by atoms with Crippen LogP contribution in [0, 0.1) is 15.4 Å². The maximum Gasteiger partial charge on any atom is 0.332 e. The van der Waals surface area contributed by atoms with Crippen LogP contribution in [0.4, 0.5) is 5.95 Å². The number of imidazole rings is 1. The van der Waals surface area contributed by atoms with Gasteiger partial charge in [0.1, 0.15) is 0 Å². The first-order chi connectivity index (χ1) is 15.8. The number of carbonyl (C=O) groups excluding carboxylic acids is 1. The molecular weight excluding hydrogens is 539 g/mol. The zero-order valence-electron chi connectivity index (χ0n) is 18.2. The van der Waals surface area contributed by atoms with E-state index >= 15 is 0 Å². The lowest BCUT2D eigenvalue weighted by Gasteiger charge is -2.28. The van der Waals surface area contributed by atoms with Crippen LogP contribution in [0.15, 0.2) is 27.8 Å². The second kappa shape index (κ2) is 9.40. The molecule has 1 saturated heterocycles. The molecule has 10 nitrogen and oxygen atoms in total. The number of hydrogen-bond acceptors (Lipinski definition) is 7. The first-order valence-corrected chi connectivity index (χ1v) is 11.5. The highest BCUT2D eigenvalue weighted by atomic mass is 127. The third-order valence-electron chi connectivity index (χ3n) is 5.65. The molecule has 0 radical (unpaired) electrons. The van der Waals surface area contributed by atoms with Gasteiger partial charge < -0.3 is 20.1 Å². The molecule has 4 rings (SSSR count). The molecule has 0 amide bonds. The van der Waals surface area contributed by atoms with Crippen molar-refractivity contribution in [1.29, 1.82) is 0 Å². The normalized spacial score (nSPS) is 13.7. The molecule has 172 valence electrons. The van der Waals surface area contributed by atoms with Crippen LogP contribution >= 0.6 is 22.6 Å². The number of nitrogens with one attached hydrogen (secondary N) is 1. The molecule has 11 heteroatoms. The number of aryl methyl sites for hydroxylation is 1. The van der Waals surface area contributed by atoms with E-state index in [0.717, 1.165) is 30.7 Å². The molecule has 3 aromatic rings. The molecule has 1 aromatic carbocycles. The number of aromatic nitrogens is 4. The van der Waals surface area contributed by atoms with Crippen LogP contribution < -0.4 is 26.6 Å². The van der Waals surface area contributed by atoms with Crippen molar-refractivity contribution in [1.82, 2.24) is 24.0 Å². The summed E-state index contributed by atoms with van der Waals surface area (Å²) in [5.74, 6) is 5.15. The maximum absolute atomic E-state index is 13.6. The fourth-order valence-electron chi connectivity index (χ4n) is 3.94. The molecule has 1 N–H and O–H groups in total. The fraction of sp³-hybridized carbons (Fsp3) is 0.364. The van der Waals surface area contributed by atoms with Gasteiger partial charge in [-0.15, -0.1) is 5.92 Å². The lowest BCUT2D eigenvalue weighted by Crippen LogP contribution is -2.44. The highest BCUT2D eigenvalue weighted by molar-refractivity contribution is 14.1. The largest absolute Gasteiger partial charge is 0.545 e. The number of nitrogens with zero attached hydrogens (tertiary/aromatic N) is 5. The predicted octanol–water partition coefficient (Wildman–Crippen LogP) is -0.654. The SMILES string of the molecule is CC#CCn1c(N2CCNCC2)nc2c1c(=O)n(Cc1cccc(C(=O)[O-])c1I)c(=O)n2C. The molecule has 1 aliphatic rings. The van der Waals surface area contributed by atoms with Gasteiger partial charge in [-0.1, -0.05) is 24.1 Å². The van der Waals surface area contributed by atoms with Gasteiger partial charge in [0, 0.05) is 42.4 Å². The van der Waals surface area contributed by atoms with Gasteiger partial charge in [0.25, 0.3) is 5.56 Å². The van der Waals surface area contributed by atoms with Gasteiger partial charge in [-0.2, -0.15) is 4.98 Å². The zero-order valence-corrected chi connectivity index (χ0v) is 20.4. The minimum absolute atomic E-state index is 0.0170. The topological polar surface area (TPSA) is 117 Å². The molecule has 0 atom stereocenters. The number of piperazine rings is 1. The number of fused-ring (bicyclic) bond motifs is 1. The Bertz CT molecular complexity index is 1420. The summed E-state index contributed by atoms with van der Waals surface area (Å²) in [5, 5.41) is 14.7. The van der Waals surface area contributed by atoms with Crippen LogP contribution in [-0.4, -0.2) is 50.8 Å². The summed E-state index contributed by atoms with van der Waals surface area (Å²) in [7, 11) is 1.58. The molecule has 0 aliphatic carbocycles. The third-order valence-corrected chi connectivity index (χ3v) is 6.93. The highest BCUT2D eigenvalue weighted by Gasteiger charge is 2.24. The standard InChI is InChI=1S/C22H23IN6O4/c1-3-4-10-28-17-18(25-21(28)27-11-8-24-9-12-27)26(2)22(33)29(19(17)30)13-14-6-5-7-15(16(14)23)20(31)32/h5-7,24H,8-13H2,1-2H3,(H,31,32)/p-1. The Morgan fingerprint density at radius 1 is 1.24 bits per heavy atom. The van der Waals surface area contributed by atoms with Crippen molar-refractivity contribution in [3.63, 3.8) is 0 Å². The number of hydrogen-bond donors (Lipinski definition) is 1. The van der Waals surface area contributed by atoms with E-state index in [1.165, 1.54) is 10.6 Å².